The molecule has 0 saturated heterocycles. The van der Waals surface area contributed by atoms with Crippen LogP contribution < -0.4 is 0 Å². The summed E-state index contributed by atoms with van der Waals surface area (Å²) in [4.78, 5) is 0. The number of hydrogen-bond donors (Lipinski definition) is 0. The van der Waals surface area contributed by atoms with E-state index in [1.165, 1.54) is 76.3 Å². The van der Waals surface area contributed by atoms with E-state index < -0.39 is 7.26 Å². The van der Waals surface area contributed by atoms with Crippen molar-refractivity contribution in [3.8, 4) is 0 Å². The summed E-state index contributed by atoms with van der Waals surface area (Å²) < 4.78 is 0. The van der Waals surface area contributed by atoms with Crippen molar-refractivity contribution in [1.29, 1.82) is 0 Å². The van der Waals surface area contributed by atoms with Crippen molar-refractivity contribution >= 4 is 15.1 Å². The Hall–Kier alpha value is 0.495. The summed E-state index contributed by atoms with van der Waals surface area (Å²) in [6.07, 6.45) is 16.8. The lowest BCUT2D eigenvalue weighted by atomic mass is 9.69. The van der Waals surface area contributed by atoms with Crippen molar-refractivity contribution in [3.05, 3.63) is 0 Å². The Bertz CT molecular complexity index is 201. The molecule has 0 bridgehead atoms. The maximum absolute atomic E-state index is 6.85. The average Bonchev–Trinajstić information content (AvgIpc) is 2.35. The summed E-state index contributed by atoms with van der Waals surface area (Å²) in [6, 6.07) is 0. The van der Waals surface area contributed by atoms with E-state index in [9.17, 15) is 0 Å². The monoisotopic (exact) mass is 267 g/mol. The molecule has 0 amide bonds. The fourth-order valence-electron chi connectivity index (χ4n) is 3.40. The molecule has 0 aliphatic heterocycles. The zero-order chi connectivity index (χ0) is 13.5. The van der Waals surface area contributed by atoms with Gasteiger partial charge in [-0.05, 0) is 38.5 Å². The van der Waals surface area contributed by atoms with Gasteiger partial charge in [-0.3, -0.25) is 0 Å². The molecule has 18 heavy (non-hydrogen) atoms. The average molecular weight is 267 g/mol. The highest BCUT2D eigenvalue weighted by atomic mass is 31.2. The molecular formula is C16H33BP+. The van der Waals surface area contributed by atoms with Gasteiger partial charge in [0.15, 0.2) is 0 Å². The standard InChI is InChI=1S/C16H33BP/c1-4-7-13-18(14-8-5-2,15-9-6-3)16(17)11-10-12-16/h4-15H2,1-3H3/q+1. The molecular weight excluding hydrogens is 234 g/mol. The van der Waals surface area contributed by atoms with Crippen molar-refractivity contribution in [2.75, 3.05) is 18.5 Å². The van der Waals surface area contributed by atoms with E-state index in [1.807, 2.05) is 0 Å². The Morgan fingerprint density at radius 3 is 1.44 bits per heavy atom. The molecule has 1 fully saturated rings. The second-order valence-corrected chi connectivity index (χ2v) is 10.9. The van der Waals surface area contributed by atoms with E-state index in [1.54, 1.807) is 0 Å². The van der Waals surface area contributed by atoms with Crippen LogP contribution in [0.5, 0.6) is 0 Å². The van der Waals surface area contributed by atoms with E-state index in [0.29, 0.717) is 5.06 Å². The van der Waals surface area contributed by atoms with Crippen LogP contribution in [0.4, 0.5) is 0 Å². The van der Waals surface area contributed by atoms with Gasteiger partial charge in [-0.2, -0.15) is 0 Å². The summed E-state index contributed by atoms with van der Waals surface area (Å²) >= 11 is 0. The summed E-state index contributed by atoms with van der Waals surface area (Å²) in [7, 11) is 5.97. The molecule has 1 aliphatic rings. The Labute approximate surface area is 117 Å². The summed E-state index contributed by atoms with van der Waals surface area (Å²) in [6.45, 7) is 6.99. The van der Waals surface area contributed by atoms with Crippen LogP contribution in [0.2, 0.25) is 0 Å². The molecule has 0 unspecified atom stereocenters. The molecule has 2 radical (unpaired) electrons. The van der Waals surface area contributed by atoms with Crippen LogP contribution in [0.3, 0.4) is 0 Å². The minimum absolute atomic E-state index is 0.298. The van der Waals surface area contributed by atoms with Crippen LogP contribution in [0.15, 0.2) is 0 Å². The highest BCUT2D eigenvalue weighted by molar-refractivity contribution is 7.78. The Morgan fingerprint density at radius 1 is 0.833 bits per heavy atom. The number of hydrogen-bond acceptors (Lipinski definition) is 0. The van der Waals surface area contributed by atoms with Crippen LogP contribution in [0.25, 0.3) is 0 Å². The zero-order valence-corrected chi connectivity index (χ0v) is 13.9. The molecule has 2 heteroatoms. The number of unbranched alkanes of at least 4 members (excludes halogenated alkanes) is 3. The van der Waals surface area contributed by atoms with E-state index in [-0.39, 0.29) is 0 Å². The smallest absolute Gasteiger partial charge is 0.0652 e. The lowest BCUT2D eigenvalue weighted by Gasteiger charge is -2.50. The van der Waals surface area contributed by atoms with Gasteiger partial charge in [0.25, 0.3) is 0 Å². The first-order valence-electron chi connectivity index (χ1n) is 8.29. The fourth-order valence-corrected chi connectivity index (χ4v) is 9.44. The first-order chi connectivity index (χ1) is 8.64. The second kappa shape index (κ2) is 7.93. The molecule has 0 N–H and O–H groups in total. The maximum Gasteiger partial charge on any atom is 0.131 e. The highest BCUT2D eigenvalue weighted by Gasteiger charge is 2.55. The van der Waals surface area contributed by atoms with Gasteiger partial charge >= 0.3 is 0 Å². The van der Waals surface area contributed by atoms with Crippen LogP contribution in [-0.2, 0) is 0 Å². The molecule has 0 aromatic heterocycles. The summed E-state index contributed by atoms with van der Waals surface area (Å²) in [5.41, 5.74) is 0. The van der Waals surface area contributed by atoms with Crippen LogP contribution in [0.1, 0.15) is 78.6 Å². The van der Waals surface area contributed by atoms with E-state index >= 15 is 0 Å². The zero-order valence-electron chi connectivity index (χ0n) is 13.0. The van der Waals surface area contributed by atoms with Crippen molar-refractivity contribution in [3.63, 3.8) is 0 Å². The first kappa shape index (κ1) is 16.5. The van der Waals surface area contributed by atoms with Crippen molar-refractivity contribution < 1.29 is 0 Å². The SMILES string of the molecule is [B]C1([P+](CCCC)(CCCC)CCCC)CCC1. The third-order valence-corrected chi connectivity index (χ3v) is 10.8. The normalized spacial score (nSPS) is 18.6. The van der Waals surface area contributed by atoms with Gasteiger partial charge in [0, 0.05) is 12.3 Å². The summed E-state index contributed by atoms with van der Waals surface area (Å²) in [5, 5.41) is 0.298. The molecule has 0 aromatic rings. The van der Waals surface area contributed by atoms with Gasteiger partial charge in [-0.15, -0.1) is 0 Å². The lowest BCUT2D eigenvalue weighted by molar-refractivity contribution is 0.457. The molecule has 0 atom stereocenters. The Balaban J connectivity index is 2.76. The first-order valence-corrected chi connectivity index (χ1v) is 10.6. The van der Waals surface area contributed by atoms with Crippen LogP contribution >= 0.6 is 7.26 Å². The van der Waals surface area contributed by atoms with Crippen LogP contribution in [0, 0.1) is 0 Å². The lowest BCUT2D eigenvalue weighted by Crippen LogP contribution is -2.43. The fraction of sp³-hybridized carbons (Fsp3) is 1.00. The van der Waals surface area contributed by atoms with Gasteiger partial charge in [0.1, 0.15) is 7.85 Å². The molecule has 1 saturated carbocycles. The van der Waals surface area contributed by atoms with Gasteiger partial charge < -0.3 is 0 Å². The van der Waals surface area contributed by atoms with Crippen molar-refractivity contribution in [1.82, 2.24) is 0 Å². The minimum Gasteiger partial charge on any atom is -0.0652 e. The third kappa shape index (κ3) is 3.75. The Morgan fingerprint density at radius 2 is 1.22 bits per heavy atom. The van der Waals surface area contributed by atoms with E-state index in [2.05, 4.69) is 20.8 Å². The van der Waals surface area contributed by atoms with E-state index in [0.717, 1.165) is 0 Å². The topological polar surface area (TPSA) is 0 Å². The van der Waals surface area contributed by atoms with E-state index in [4.69, 9.17) is 7.85 Å². The molecule has 1 aliphatic carbocycles. The second-order valence-electron chi connectivity index (χ2n) is 6.33. The van der Waals surface area contributed by atoms with Crippen molar-refractivity contribution in [2.24, 2.45) is 0 Å². The third-order valence-electron chi connectivity index (χ3n) is 4.98. The van der Waals surface area contributed by atoms with Gasteiger partial charge in [-0.1, -0.05) is 40.0 Å². The number of rotatable bonds is 10. The quantitative estimate of drug-likeness (QED) is 0.364. The largest absolute Gasteiger partial charge is 0.131 e. The van der Waals surface area contributed by atoms with Crippen LogP contribution in [-0.4, -0.2) is 31.4 Å². The highest BCUT2D eigenvalue weighted by Crippen LogP contribution is 2.74. The van der Waals surface area contributed by atoms with Crippen molar-refractivity contribution in [2.45, 2.75) is 83.6 Å². The van der Waals surface area contributed by atoms with Gasteiger partial charge in [0.05, 0.1) is 18.5 Å². The molecule has 1 rings (SSSR count). The predicted molar refractivity (Wildman–Crippen MR) is 88.6 cm³/mol. The summed E-state index contributed by atoms with van der Waals surface area (Å²) in [5.74, 6) is 0. The molecule has 104 valence electrons. The predicted octanol–water partition coefficient (Wildman–Crippen LogP) is 5.45. The molecule has 0 heterocycles. The van der Waals surface area contributed by atoms with Gasteiger partial charge in [0.2, 0.25) is 0 Å². The molecule has 0 aromatic carbocycles. The minimum atomic E-state index is -0.884. The molecule has 0 nitrogen and oxygen atoms in total. The van der Waals surface area contributed by atoms with Gasteiger partial charge in [-0.25, -0.2) is 0 Å². The molecule has 0 spiro atoms. The maximum atomic E-state index is 6.85. The Kier molecular flexibility index (Phi) is 7.29.